The van der Waals surface area contributed by atoms with Gasteiger partial charge in [-0.25, -0.2) is 0 Å². The molecule has 0 atom stereocenters. The topological polar surface area (TPSA) is 79.7 Å². The lowest BCUT2D eigenvalue weighted by Crippen LogP contribution is -2.30. The van der Waals surface area contributed by atoms with Crippen LogP contribution in [0.1, 0.15) is 11.3 Å². The molecule has 1 aromatic heterocycles. The van der Waals surface area contributed by atoms with Gasteiger partial charge >= 0.3 is 11.5 Å². The van der Waals surface area contributed by atoms with Gasteiger partial charge in [0.05, 0.1) is 33.1 Å². The second kappa shape index (κ2) is 9.19. The number of hydrogen-bond donors (Lipinski definition) is 0. The molecule has 2 aromatic rings. The maximum absolute atomic E-state index is 12.3. The van der Waals surface area contributed by atoms with E-state index in [9.17, 15) is 9.59 Å². The normalized spacial score (nSPS) is 10.5. The molecule has 0 fully saturated rings. The van der Waals surface area contributed by atoms with Crippen molar-refractivity contribution in [2.24, 2.45) is 0 Å². The van der Waals surface area contributed by atoms with E-state index in [1.165, 1.54) is 18.8 Å². The molecule has 0 aliphatic rings. The van der Waals surface area contributed by atoms with E-state index >= 15 is 0 Å². The van der Waals surface area contributed by atoms with Crippen LogP contribution < -0.4 is 10.3 Å². The van der Waals surface area contributed by atoms with E-state index in [4.69, 9.17) is 21.1 Å². The molecule has 0 bridgehead atoms. The van der Waals surface area contributed by atoms with Crippen LogP contribution in [0.5, 0.6) is 5.88 Å². The number of methoxy groups -OCH3 is 2. The molecule has 0 saturated heterocycles. The summed E-state index contributed by atoms with van der Waals surface area (Å²) in [6.45, 7) is 0.467. The van der Waals surface area contributed by atoms with Crippen molar-refractivity contribution in [1.82, 2.24) is 9.55 Å². The summed E-state index contributed by atoms with van der Waals surface area (Å²) in [5.41, 5.74) is 0.884. The number of benzene rings is 1. The minimum absolute atomic E-state index is 0.0867. The standard InChI is InChI=1S/C17H19ClN2O5/c1-23-14(21)10-20-13(15(18)19-16(24-2)17(20)22)8-9-25-11-12-6-4-3-5-7-12/h3-7H,8-11H2,1-2H3. The molecule has 0 unspecified atom stereocenters. The second-order valence-corrected chi connectivity index (χ2v) is 5.47. The van der Waals surface area contributed by atoms with Gasteiger partial charge in [-0.2, -0.15) is 4.98 Å². The molecule has 1 heterocycles. The molecule has 0 N–H and O–H groups in total. The van der Waals surface area contributed by atoms with Gasteiger partial charge in [-0.3, -0.25) is 14.2 Å². The average Bonchev–Trinajstić information content (AvgIpc) is 2.63. The smallest absolute Gasteiger partial charge is 0.325 e. The molecular weight excluding hydrogens is 348 g/mol. The fraction of sp³-hybridized carbons (Fsp3) is 0.353. The quantitative estimate of drug-likeness (QED) is 0.524. The number of esters is 1. The lowest BCUT2D eigenvalue weighted by Gasteiger charge is -2.14. The Kier molecular flexibility index (Phi) is 6.97. The molecular formula is C17H19ClN2O5. The Bertz CT molecular complexity index is 777. The molecule has 0 saturated carbocycles. The molecule has 134 valence electrons. The zero-order valence-corrected chi connectivity index (χ0v) is 14.8. The van der Waals surface area contributed by atoms with E-state index in [-0.39, 0.29) is 17.6 Å². The van der Waals surface area contributed by atoms with Crippen molar-refractivity contribution in [3.63, 3.8) is 0 Å². The van der Waals surface area contributed by atoms with Crippen molar-refractivity contribution in [1.29, 1.82) is 0 Å². The Hall–Kier alpha value is -2.38. The van der Waals surface area contributed by atoms with Crippen molar-refractivity contribution < 1.29 is 19.0 Å². The number of aromatic nitrogens is 2. The Labute approximate surface area is 150 Å². The molecule has 0 amide bonds. The Balaban J connectivity index is 2.13. The van der Waals surface area contributed by atoms with Gasteiger partial charge in [0, 0.05) is 6.42 Å². The minimum atomic E-state index is -0.571. The maximum Gasteiger partial charge on any atom is 0.325 e. The van der Waals surface area contributed by atoms with Gasteiger partial charge in [-0.1, -0.05) is 41.9 Å². The summed E-state index contributed by atoms with van der Waals surface area (Å²) in [6.07, 6.45) is 0.314. The fourth-order valence-corrected chi connectivity index (χ4v) is 2.49. The van der Waals surface area contributed by atoms with E-state index in [2.05, 4.69) is 9.72 Å². The van der Waals surface area contributed by atoms with Crippen LogP contribution in [-0.4, -0.2) is 36.3 Å². The number of ether oxygens (including phenoxy) is 3. The van der Waals surface area contributed by atoms with Gasteiger partial charge in [0.25, 0.3) is 5.88 Å². The van der Waals surface area contributed by atoms with Gasteiger partial charge in [-0.05, 0) is 5.56 Å². The highest BCUT2D eigenvalue weighted by molar-refractivity contribution is 6.30. The summed E-state index contributed by atoms with van der Waals surface area (Å²) in [7, 11) is 2.56. The molecule has 8 heteroatoms. The molecule has 0 radical (unpaired) electrons. The van der Waals surface area contributed by atoms with E-state index in [1.807, 2.05) is 30.3 Å². The fourth-order valence-electron chi connectivity index (χ4n) is 2.22. The van der Waals surface area contributed by atoms with Crippen molar-refractivity contribution >= 4 is 17.6 Å². The Morgan fingerprint density at radius 3 is 2.60 bits per heavy atom. The third-order valence-corrected chi connectivity index (χ3v) is 3.80. The van der Waals surface area contributed by atoms with Crippen LogP contribution in [-0.2, 0) is 33.8 Å². The third kappa shape index (κ3) is 5.04. The zero-order chi connectivity index (χ0) is 18.2. The van der Waals surface area contributed by atoms with Crippen molar-refractivity contribution in [2.45, 2.75) is 19.6 Å². The summed E-state index contributed by atoms with van der Waals surface area (Å²) >= 11 is 6.15. The van der Waals surface area contributed by atoms with Crippen LogP contribution in [0.2, 0.25) is 5.15 Å². The summed E-state index contributed by atoms with van der Waals surface area (Å²) in [4.78, 5) is 27.9. The zero-order valence-electron chi connectivity index (χ0n) is 14.0. The molecule has 0 spiro atoms. The lowest BCUT2D eigenvalue weighted by atomic mass is 10.2. The highest BCUT2D eigenvalue weighted by Gasteiger charge is 2.18. The minimum Gasteiger partial charge on any atom is -0.477 e. The largest absolute Gasteiger partial charge is 0.477 e. The Morgan fingerprint density at radius 2 is 1.96 bits per heavy atom. The van der Waals surface area contributed by atoms with E-state index in [1.54, 1.807) is 0 Å². The number of nitrogens with zero attached hydrogens (tertiary/aromatic N) is 2. The first-order chi connectivity index (χ1) is 12.1. The van der Waals surface area contributed by atoms with Crippen molar-refractivity contribution in [3.8, 4) is 5.88 Å². The van der Waals surface area contributed by atoms with Crippen LogP contribution in [0.3, 0.4) is 0 Å². The lowest BCUT2D eigenvalue weighted by molar-refractivity contribution is -0.141. The first-order valence-corrected chi connectivity index (χ1v) is 7.96. The number of carbonyl (C=O) groups excluding carboxylic acids is 1. The molecule has 0 aliphatic heterocycles. The highest BCUT2D eigenvalue weighted by atomic mass is 35.5. The van der Waals surface area contributed by atoms with Crippen LogP contribution in [0.25, 0.3) is 0 Å². The van der Waals surface area contributed by atoms with Crippen LogP contribution in [0.4, 0.5) is 0 Å². The molecule has 2 rings (SSSR count). The van der Waals surface area contributed by atoms with E-state index in [0.29, 0.717) is 25.3 Å². The number of halogens is 1. The predicted molar refractivity (Wildman–Crippen MR) is 91.9 cm³/mol. The maximum atomic E-state index is 12.3. The molecule has 7 nitrogen and oxygen atoms in total. The summed E-state index contributed by atoms with van der Waals surface area (Å²) in [5.74, 6) is -0.749. The van der Waals surface area contributed by atoms with E-state index in [0.717, 1.165) is 5.56 Å². The van der Waals surface area contributed by atoms with Crippen LogP contribution in [0, 0.1) is 0 Å². The van der Waals surface area contributed by atoms with Gasteiger partial charge in [0.1, 0.15) is 6.54 Å². The molecule has 0 aliphatic carbocycles. The average molecular weight is 367 g/mol. The summed E-state index contributed by atoms with van der Waals surface area (Å²) < 4.78 is 16.3. The van der Waals surface area contributed by atoms with Crippen molar-refractivity contribution in [2.75, 3.05) is 20.8 Å². The van der Waals surface area contributed by atoms with Crippen molar-refractivity contribution in [3.05, 3.63) is 57.1 Å². The first kappa shape index (κ1) is 19.0. The van der Waals surface area contributed by atoms with Gasteiger partial charge in [-0.15, -0.1) is 0 Å². The SMILES string of the molecule is COC(=O)Cn1c(CCOCc2ccccc2)c(Cl)nc(OC)c1=O. The Morgan fingerprint density at radius 1 is 1.24 bits per heavy atom. The summed E-state index contributed by atoms with van der Waals surface area (Å²) in [5, 5.41) is 0.0867. The summed E-state index contributed by atoms with van der Waals surface area (Å²) in [6, 6.07) is 9.69. The number of hydrogen-bond acceptors (Lipinski definition) is 6. The monoisotopic (exact) mass is 366 g/mol. The van der Waals surface area contributed by atoms with Crippen LogP contribution in [0.15, 0.2) is 35.1 Å². The molecule has 25 heavy (non-hydrogen) atoms. The third-order valence-electron chi connectivity index (χ3n) is 3.49. The van der Waals surface area contributed by atoms with E-state index < -0.39 is 11.5 Å². The molecule has 1 aromatic carbocycles. The van der Waals surface area contributed by atoms with Crippen LogP contribution >= 0.6 is 11.6 Å². The van der Waals surface area contributed by atoms with Gasteiger partial charge < -0.3 is 14.2 Å². The number of carbonyl (C=O) groups is 1. The van der Waals surface area contributed by atoms with Gasteiger partial charge in [0.15, 0.2) is 5.15 Å². The van der Waals surface area contributed by atoms with Gasteiger partial charge in [0.2, 0.25) is 0 Å². The predicted octanol–water partition coefficient (Wildman–Crippen LogP) is 1.84. The highest BCUT2D eigenvalue weighted by Crippen LogP contribution is 2.16. The number of rotatable bonds is 8. The first-order valence-electron chi connectivity index (χ1n) is 7.58. The second-order valence-electron chi connectivity index (χ2n) is 5.11.